The van der Waals surface area contributed by atoms with Crippen molar-refractivity contribution in [1.29, 1.82) is 0 Å². The van der Waals surface area contributed by atoms with Crippen molar-refractivity contribution >= 4 is 0 Å². The quantitative estimate of drug-likeness (QED) is 0.0479. The van der Waals surface area contributed by atoms with Crippen LogP contribution in [-0.2, 0) is 21.7 Å². The predicted octanol–water partition coefficient (Wildman–Crippen LogP) is 26.3. The van der Waals surface area contributed by atoms with Gasteiger partial charge in [0.25, 0.3) is 0 Å². The molecule has 0 atom stereocenters. The summed E-state index contributed by atoms with van der Waals surface area (Å²) in [5.74, 6) is 0. The minimum absolute atomic E-state index is 0. The van der Waals surface area contributed by atoms with Gasteiger partial charge in [-0.25, -0.2) is 0 Å². The average molecular weight is 1230 g/mol. The predicted molar refractivity (Wildman–Crippen MR) is 376 cm³/mol. The molecule has 502 valence electrons. The monoisotopic (exact) mass is 1230 g/mol. The molecule has 5 heteroatoms. The van der Waals surface area contributed by atoms with E-state index in [-0.39, 0.29) is 34.1 Å². The standard InChI is InChI=1S/2C36H74N.C6H14O.ClH.Ti/c2*1-3-5-7-9-11-13-15-17-19-21-23-25-27-29-31-33-35-37-36-34-32-30-28-26-24-22-20-18-16-14-12-10-8-6-4-2;1-2-3-4-5-6-7;;/h2*3-36H2,1-2H3;7H,2-6H2,1H3;1H;/q2*-1;;;+2/p-1. The first kappa shape index (κ1) is 92.6. The van der Waals surface area contributed by atoms with E-state index in [4.69, 9.17) is 15.7 Å². The zero-order valence-corrected chi connectivity index (χ0v) is 61.2. The van der Waals surface area contributed by atoms with Crippen LogP contribution < -0.4 is 12.4 Å². The van der Waals surface area contributed by atoms with E-state index < -0.39 is 0 Å². The molecule has 0 radical (unpaired) electrons. The Bertz CT molecular complexity index is 829. The van der Waals surface area contributed by atoms with Crippen LogP contribution in [0.2, 0.25) is 0 Å². The Morgan fingerprint density at radius 1 is 0.157 bits per heavy atom. The average Bonchev–Trinajstić information content (AvgIpc) is 3.48. The number of hydrogen-bond donors (Lipinski definition) is 1. The molecule has 0 spiro atoms. The van der Waals surface area contributed by atoms with Crippen molar-refractivity contribution in [2.75, 3.05) is 32.8 Å². The Labute approximate surface area is 550 Å². The van der Waals surface area contributed by atoms with Crippen LogP contribution in [0.1, 0.15) is 471 Å². The maximum Gasteiger partial charge on any atom is 2.00 e. The number of hydrogen-bond acceptors (Lipinski definition) is 1. The first-order valence-electron chi connectivity index (χ1n) is 39.1. The first-order valence-corrected chi connectivity index (χ1v) is 39.1. The van der Waals surface area contributed by atoms with Crippen LogP contribution in [-0.4, -0.2) is 37.9 Å². The van der Waals surface area contributed by atoms with Crippen LogP contribution >= 0.6 is 0 Å². The second kappa shape index (κ2) is 96.5. The largest absolute Gasteiger partial charge is 2.00 e. The number of nitrogens with zero attached hydrogens (tertiary/aromatic N) is 2. The second-order valence-electron chi connectivity index (χ2n) is 26.3. The third-order valence-corrected chi connectivity index (χ3v) is 17.7. The van der Waals surface area contributed by atoms with E-state index in [1.165, 1.54) is 430 Å². The summed E-state index contributed by atoms with van der Waals surface area (Å²) in [5, 5.41) is 17.8. The van der Waals surface area contributed by atoms with E-state index in [9.17, 15) is 0 Å². The molecule has 0 rings (SSSR count). The van der Waals surface area contributed by atoms with Gasteiger partial charge in [0.2, 0.25) is 0 Å². The van der Waals surface area contributed by atoms with E-state index in [0.29, 0.717) is 6.61 Å². The van der Waals surface area contributed by atoms with E-state index in [1.54, 1.807) is 0 Å². The van der Waals surface area contributed by atoms with Gasteiger partial charge >= 0.3 is 21.7 Å². The molecule has 0 aliphatic carbocycles. The fourth-order valence-corrected chi connectivity index (χ4v) is 11.8. The second-order valence-corrected chi connectivity index (χ2v) is 26.3. The number of halogens is 1. The van der Waals surface area contributed by atoms with Crippen molar-refractivity contribution in [2.45, 2.75) is 471 Å². The molecule has 0 aliphatic rings. The minimum atomic E-state index is 0. The molecule has 0 aromatic heterocycles. The van der Waals surface area contributed by atoms with Gasteiger partial charge in [0.05, 0.1) is 0 Å². The smallest absolute Gasteiger partial charge is 1.00 e. The van der Waals surface area contributed by atoms with Crippen molar-refractivity contribution in [1.82, 2.24) is 0 Å². The molecule has 0 aromatic rings. The summed E-state index contributed by atoms with van der Waals surface area (Å²) in [4.78, 5) is 0. The van der Waals surface area contributed by atoms with Crippen LogP contribution in [0.15, 0.2) is 0 Å². The van der Waals surface area contributed by atoms with Crippen molar-refractivity contribution in [3.05, 3.63) is 10.6 Å². The van der Waals surface area contributed by atoms with Crippen LogP contribution in [0.4, 0.5) is 0 Å². The molecule has 83 heavy (non-hydrogen) atoms. The van der Waals surface area contributed by atoms with Gasteiger partial charge in [-0.2, -0.15) is 0 Å². The normalized spacial score (nSPS) is 11.1. The van der Waals surface area contributed by atoms with Crippen LogP contribution in [0.25, 0.3) is 10.6 Å². The summed E-state index contributed by atoms with van der Waals surface area (Å²) in [6, 6.07) is 0. The number of unbranched alkanes of at least 4 members (excludes halogenated alkanes) is 63. The number of aliphatic hydroxyl groups excluding tert-OH is 1. The van der Waals surface area contributed by atoms with Gasteiger partial charge < -0.3 is 28.1 Å². The van der Waals surface area contributed by atoms with Crippen molar-refractivity contribution in [3.63, 3.8) is 0 Å². The summed E-state index contributed by atoms with van der Waals surface area (Å²) in [7, 11) is 0. The molecule has 0 saturated carbocycles. The van der Waals surface area contributed by atoms with Crippen LogP contribution in [0.5, 0.6) is 0 Å². The first-order chi connectivity index (χ1) is 40.2. The molecule has 0 aliphatic heterocycles. The number of rotatable bonds is 72. The van der Waals surface area contributed by atoms with Crippen molar-refractivity contribution < 1.29 is 39.2 Å². The van der Waals surface area contributed by atoms with Gasteiger partial charge in [-0.15, -0.1) is 26.2 Å². The molecule has 0 saturated heterocycles. The third kappa shape index (κ3) is 102. The molecule has 0 heterocycles. The van der Waals surface area contributed by atoms with Gasteiger partial charge in [-0.05, 0) is 6.42 Å². The van der Waals surface area contributed by atoms with Gasteiger partial charge in [0, 0.05) is 6.61 Å². The molecule has 0 aromatic carbocycles. The maximum atomic E-state index is 8.29. The third-order valence-electron chi connectivity index (χ3n) is 17.7. The molecule has 0 bridgehead atoms. The van der Waals surface area contributed by atoms with E-state index >= 15 is 0 Å². The van der Waals surface area contributed by atoms with E-state index in [1.807, 2.05) is 0 Å². The molecular formula is C78H162ClN2OTi-. The zero-order valence-electron chi connectivity index (χ0n) is 58.8. The van der Waals surface area contributed by atoms with Crippen LogP contribution in [0, 0.1) is 0 Å². The Morgan fingerprint density at radius 2 is 0.253 bits per heavy atom. The van der Waals surface area contributed by atoms with E-state index in [0.717, 1.165) is 32.6 Å². The summed E-state index contributed by atoms with van der Waals surface area (Å²) in [6.07, 6.45) is 97.4. The zero-order chi connectivity index (χ0) is 59.0. The number of aliphatic hydroxyl groups is 1. The van der Waals surface area contributed by atoms with Gasteiger partial charge in [0.1, 0.15) is 0 Å². The molecular weight excluding hydrogens is 1060 g/mol. The van der Waals surface area contributed by atoms with Crippen LogP contribution in [0.3, 0.4) is 0 Å². The maximum absolute atomic E-state index is 8.29. The fourth-order valence-electron chi connectivity index (χ4n) is 11.8. The van der Waals surface area contributed by atoms with Crippen molar-refractivity contribution in [2.24, 2.45) is 0 Å². The summed E-state index contributed by atoms with van der Waals surface area (Å²) in [5.41, 5.74) is 0. The van der Waals surface area contributed by atoms with Crippen molar-refractivity contribution in [3.8, 4) is 0 Å². The molecule has 1 N–H and O–H groups in total. The summed E-state index contributed by atoms with van der Waals surface area (Å²) >= 11 is 0. The Hall–Kier alpha value is 0.884. The van der Waals surface area contributed by atoms with Gasteiger partial charge in [-0.1, -0.05) is 465 Å². The Morgan fingerprint density at radius 3 is 0.361 bits per heavy atom. The Balaban J connectivity index is -0.000000427. The molecule has 0 amide bonds. The minimum Gasteiger partial charge on any atom is -1.00 e. The summed E-state index contributed by atoms with van der Waals surface area (Å²) in [6.45, 7) is 16.2. The van der Waals surface area contributed by atoms with E-state index in [2.05, 4.69) is 34.6 Å². The topological polar surface area (TPSA) is 48.4 Å². The Kier molecular flexibility index (Phi) is 108. The molecule has 0 unspecified atom stereocenters. The summed E-state index contributed by atoms with van der Waals surface area (Å²) < 4.78 is 0. The fraction of sp³-hybridized carbons (Fsp3) is 1.00. The van der Waals surface area contributed by atoms with Gasteiger partial charge in [0.15, 0.2) is 0 Å². The SMILES string of the molecule is CCCCCCCCCCCCCCCCCC[N-]CCCCCCCCCCCCCCCCCC.CCCCCCCCCCCCCCCCCC[N-]CCCCCCCCCCCCCCCCCC.CCCCCCO.[Cl-].[Ti+2]. The van der Waals surface area contributed by atoms with Gasteiger partial charge in [-0.3, -0.25) is 0 Å². The molecule has 0 fully saturated rings. The molecule has 3 nitrogen and oxygen atoms in total.